The van der Waals surface area contributed by atoms with E-state index in [1.54, 1.807) is 0 Å². The number of fused-ring (bicyclic) bond motifs is 13. The zero-order valence-electron chi connectivity index (χ0n) is 27.9. The minimum absolute atomic E-state index is 0.910. The average molecular weight is 681 g/mol. The molecule has 0 amide bonds. The van der Waals surface area contributed by atoms with Crippen LogP contribution in [0, 0.1) is 0 Å². The normalized spacial score (nSPS) is 12.2. The molecule has 0 saturated heterocycles. The van der Waals surface area contributed by atoms with Crippen LogP contribution in [-0.4, -0.2) is 9.13 Å². The number of hydrogen-bond donors (Lipinski definition) is 0. The van der Waals surface area contributed by atoms with Gasteiger partial charge in [0.2, 0.25) is 0 Å². The Balaban J connectivity index is 1.14. The molecule has 0 aliphatic carbocycles. The van der Waals surface area contributed by atoms with Crippen LogP contribution in [0.4, 0.5) is 0 Å². The van der Waals surface area contributed by atoms with Gasteiger partial charge in [-0.2, -0.15) is 0 Å². The maximum absolute atomic E-state index is 6.41. The summed E-state index contributed by atoms with van der Waals surface area (Å²) in [5.41, 5.74) is 11.3. The number of furan rings is 1. The lowest BCUT2D eigenvalue weighted by Crippen LogP contribution is -1.93. The minimum atomic E-state index is 0.910. The largest absolute Gasteiger partial charge is 0.456 e. The summed E-state index contributed by atoms with van der Waals surface area (Å²) in [4.78, 5) is 0. The molecule has 3 nitrogen and oxygen atoms in total. The van der Waals surface area contributed by atoms with Gasteiger partial charge in [0, 0.05) is 63.9 Å². The summed E-state index contributed by atoms with van der Waals surface area (Å²) in [6.07, 6.45) is 0. The van der Waals surface area contributed by atoms with Gasteiger partial charge in [-0.3, -0.25) is 0 Å². The number of aromatic nitrogens is 2. The molecule has 0 atom stereocenters. The van der Waals surface area contributed by atoms with Crippen molar-refractivity contribution < 1.29 is 4.42 Å². The van der Waals surface area contributed by atoms with Gasteiger partial charge in [-0.1, -0.05) is 97.1 Å². The van der Waals surface area contributed by atoms with E-state index in [1.807, 2.05) is 17.4 Å². The van der Waals surface area contributed by atoms with Gasteiger partial charge < -0.3 is 13.6 Å². The molecular weight excluding hydrogens is 653 g/mol. The number of benzene rings is 8. The van der Waals surface area contributed by atoms with Gasteiger partial charge in [-0.15, -0.1) is 11.3 Å². The summed E-state index contributed by atoms with van der Waals surface area (Å²) in [7, 11) is 0. The van der Waals surface area contributed by atoms with Gasteiger partial charge in [-0.05, 0) is 83.9 Å². The van der Waals surface area contributed by atoms with E-state index in [1.165, 1.54) is 74.9 Å². The summed E-state index contributed by atoms with van der Waals surface area (Å²) in [6.45, 7) is 0. The maximum atomic E-state index is 6.41. The van der Waals surface area contributed by atoms with Crippen molar-refractivity contribution >= 4 is 97.1 Å². The molecule has 0 bridgehead atoms. The van der Waals surface area contributed by atoms with Crippen molar-refractivity contribution in [3.8, 4) is 22.5 Å². The molecule has 8 aromatic carbocycles. The predicted molar refractivity (Wildman–Crippen MR) is 221 cm³/mol. The summed E-state index contributed by atoms with van der Waals surface area (Å²) in [6, 6.07) is 61.7. The SMILES string of the molecule is c1ccc(-n2c3ccc(-c4ccc5c6c7sc8ccccc8c7ccc6n(-c6ccccc6)c5c4)cc3c3cc4oc5ccccc5c4cc32)cc1. The first-order valence-corrected chi connectivity index (χ1v) is 18.5. The van der Waals surface area contributed by atoms with Gasteiger partial charge in [-0.25, -0.2) is 0 Å². The fraction of sp³-hybridized carbons (Fsp3) is 0. The topological polar surface area (TPSA) is 23.0 Å². The highest BCUT2D eigenvalue weighted by Crippen LogP contribution is 2.45. The Morgan fingerprint density at radius 1 is 0.365 bits per heavy atom. The van der Waals surface area contributed by atoms with Crippen molar-refractivity contribution in [2.24, 2.45) is 0 Å². The molecule has 0 aliphatic heterocycles. The Kier molecular flexibility index (Phi) is 5.65. The van der Waals surface area contributed by atoms with Crippen molar-refractivity contribution in [2.75, 3.05) is 0 Å². The second-order valence-corrected chi connectivity index (χ2v) is 14.8. The van der Waals surface area contributed by atoms with Gasteiger partial charge in [0.05, 0.1) is 22.1 Å². The zero-order chi connectivity index (χ0) is 33.9. The second kappa shape index (κ2) is 10.5. The highest BCUT2D eigenvalue weighted by atomic mass is 32.1. The van der Waals surface area contributed by atoms with Crippen LogP contribution in [-0.2, 0) is 0 Å². The molecule has 0 fully saturated rings. The molecule has 0 aliphatic rings. The van der Waals surface area contributed by atoms with Crippen molar-refractivity contribution in [1.29, 1.82) is 0 Å². The predicted octanol–water partition coefficient (Wildman–Crippen LogP) is 13.8. The first kappa shape index (κ1) is 28.1. The molecule has 52 heavy (non-hydrogen) atoms. The van der Waals surface area contributed by atoms with E-state index in [9.17, 15) is 0 Å². The van der Waals surface area contributed by atoms with Crippen molar-refractivity contribution in [1.82, 2.24) is 9.13 Å². The van der Waals surface area contributed by atoms with Crippen LogP contribution in [0.5, 0.6) is 0 Å². The first-order valence-electron chi connectivity index (χ1n) is 17.7. The highest BCUT2D eigenvalue weighted by molar-refractivity contribution is 7.26. The molecule has 4 heterocycles. The fourth-order valence-corrected chi connectivity index (χ4v) is 9.85. The summed E-state index contributed by atoms with van der Waals surface area (Å²) < 4.78 is 13.9. The number of para-hydroxylation sites is 3. The van der Waals surface area contributed by atoms with Crippen molar-refractivity contribution in [2.45, 2.75) is 0 Å². The average Bonchev–Trinajstić information content (AvgIpc) is 3.94. The van der Waals surface area contributed by atoms with Crippen molar-refractivity contribution in [3.05, 3.63) is 170 Å². The molecule has 0 radical (unpaired) electrons. The quantitative estimate of drug-likeness (QED) is 0.182. The Hall–Kier alpha value is -6.62. The molecule has 12 rings (SSSR count). The zero-order valence-corrected chi connectivity index (χ0v) is 28.7. The Morgan fingerprint density at radius 2 is 0.981 bits per heavy atom. The molecule has 0 unspecified atom stereocenters. The molecule has 4 heteroatoms. The van der Waals surface area contributed by atoms with E-state index in [0.717, 1.165) is 33.3 Å². The minimum Gasteiger partial charge on any atom is -0.456 e. The molecule has 0 saturated carbocycles. The molecule has 0 N–H and O–H groups in total. The smallest absolute Gasteiger partial charge is 0.136 e. The van der Waals surface area contributed by atoms with Gasteiger partial charge in [0.15, 0.2) is 0 Å². The third-order valence-electron chi connectivity index (χ3n) is 10.9. The number of hydrogen-bond acceptors (Lipinski definition) is 2. The maximum Gasteiger partial charge on any atom is 0.136 e. The molecule has 242 valence electrons. The van der Waals surface area contributed by atoms with Crippen LogP contribution in [0.2, 0.25) is 0 Å². The summed E-state index contributed by atoms with van der Waals surface area (Å²) >= 11 is 1.90. The van der Waals surface area contributed by atoms with Gasteiger partial charge in [0.1, 0.15) is 11.2 Å². The summed E-state index contributed by atoms with van der Waals surface area (Å²) in [5, 5.41) is 9.89. The highest BCUT2D eigenvalue weighted by Gasteiger charge is 2.20. The first-order chi connectivity index (χ1) is 25.8. The number of nitrogens with zero attached hydrogens (tertiary/aromatic N) is 2. The third-order valence-corrected chi connectivity index (χ3v) is 12.1. The van der Waals surface area contributed by atoms with E-state index in [0.29, 0.717) is 0 Å². The van der Waals surface area contributed by atoms with Crippen molar-refractivity contribution in [3.63, 3.8) is 0 Å². The Bertz CT molecular complexity index is 3400. The molecular formula is C48H28N2OS. The molecule has 0 spiro atoms. The number of thiophene rings is 1. The van der Waals surface area contributed by atoms with E-state index >= 15 is 0 Å². The van der Waals surface area contributed by atoms with E-state index < -0.39 is 0 Å². The van der Waals surface area contributed by atoms with Crippen LogP contribution in [0.25, 0.3) is 108 Å². The third kappa shape index (κ3) is 3.84. The Labute approximate surface area is 301 Å². The van der Waals surface area contributed by atoms with E-state index in [4.69, 9.17) is 4.42 Å². The standard InChI is InChI=1S/C48H28N2OS/c1-3-11-31(12-4-1)49-40-23-20-29(25-37(40)38-28-45-39(27-43(38)49)33-15-7-9-17-44(33)51-45)30-19-21-36-42(26-30)50(32-13-5-2-6-14-32)41-24-22-35-34-16-8-10-18-46(34)52-48(35)47(36)41/h1-28H. The van der Waals surface area contributed by atoms with Crippen LogP contribution < -0.4 is 0 Å². The fourth-order valence-electron chi connectivity index (χ4n) is 8.59. The van der Waals surface area contributed by atoms with Gasteiger partial charge >= 0.3 is 0 Å². The lowest BCUT2D eigenvalue weighted by molar-refractivity contribution is 0.669. The molecule has 12 aromatic rings. The lowest BCUT2D eigenvalue weighted by atomic mass is 10.0. The summed E-state index contributed by atoms with van der Waals surface area (Å²) in [5.74, 6) is 0. The van der Waals surface area contributed by atoms with E-state index in [2.05, 4.69) is 173 Å². The Morgan fingerprint density at radius 3 is 1.81 bits per heavy atom. The van der Waals surface area contributed by atoms with E-state index in [-0.39, 0.29) is 0 Å². The second-order valence-electron chi connectivity index (χ2n) is 13.7. The van der Waals surface area contributed by atoms with Crippen LogP contribution in [0.15, 0.2) is 174 Å². The van der Waals surface area contributed by atoms with Gasteiger partial charge in [0.25, 0.3) is 0 Å². The van der Waals surface area contributed by atoms with Crippen LogP contribution >= 0.6 is 11.3 Å². The number of rotatable bonds is 3. The molecule has 4 aromatic heterocycles. The lowest BCUT2D eigenvalue weighted by Gasteiger charge is -2.10. The monoisotopic (exact) mass is 680 g/mol. The van der Waals surface area contributed by atoms with Crippen LogP contribution in [0.1, 0.15) is 0 Å². The van der Waals surface area contributed by atoms with Crippen LogP contribution in [0.3, 0.4) is 0 Å².